The number of pyridine rings is 1. The zero-order valence-corrected chi connectivity index (χ0v) is 13.5. The number of aryl methyl sites for hydroxylation is 1. The number of hydrogen-bond donors (Lipinski definition) is 1. The number of halogens is 1. The van der Waals surface area contributed by atoms with Crippen molar-refractivity contribution in [1.82, 2.24) is 9.88 Å². The lowest BCUT2D eigenvalue weighted by atomic mass is 10.1. The number of benzene rings is 1. The summed E-state index contributed by atoms with van der Waals surface area (Å²) < 4.78 is 19.0. The van der Waals surface area contributed by atoms with Gasteiger partial charge in [0.25, 0.3) is 0 Å². The molecule has 1 atom stereocenters. The molecule has 0 spiro atoms. The highest BCUT2D eigenvalue weighted by Crippen LogP contribution is 2.23. The molecule has 6 heteroatoms. The van der Waals surface area contributed by atoms with Gasteiger partial charge in [0.15, 0.2) is 0 Å². The minimum Gasteiger partial charge on any atom is -0.399 e. The van der Waals surface area contributed by atoms with Crippen LogP contribution < -0.4 is 5.73 Å². The van der Waals surface area contributed by atoms with Gasteiger partial charge in [0.2, 0.25) is 5.91 Å². The SMILES string of the molecule is Cc1cc(N)cc([C@@H]2CN(C(=O)Cc3cccc(F)c3)CCO2)n1. The number of nitrogens with two attached hydrogens (primary N) is 1. The van der Waals surface area contributed by atoms with E-state index in [-0.39, 0.29) is 24.2 Å². The Morgan fingerprint density at radius 3 is 3.00 bits per heavy atom. The van der Waals surface area contributed by atoms with Gasteiger partial charge in [0.1, 0.15) is 11.9 Å². The third-order valence-corrected chi connectivity index (χ3v) is 3.99. The zero-order valence-electron chi connectivity index (χ0n) is 13.5. The third kappa shape index (κ3) is 3.89. The molecule has 5 nitrogen and oxygen atoms in total. The minimum atomic E-state index is -0.334. The second kappa shape index (κ2) is 6.97. The molecule has 1 amide bonds. The first kappa shape index (κ1) is 16.4. The number of nitrogen functional groups attached to an aromatic ring is 1. The Labute approximate surface area is 140 Å². The average molecular weight is 329 g/mol. The number of anilines is 1. The van der Waals surface area contributed by atoms with Gasteiger partial charge in [0, 0.05) is 17.9 Å². The van der Waals surface area contributed by atoms with Crippen molar-refractivity contribution in [1.29, 1.82) is 0 Å². The summed E-state index contributed by atoms with van der Waals surface area (Å²) >= 11 is 0. The molecule has 2 aromatic rings. The Morgan fingerprint density at radius 2 is 2.25 bits per heavy atom. The molecule has 3 rings (SSSR count). The van der Waals surface area contributed by atoms with Gasteiger partial charge in [-0.2, -0.15) is 0 Å². The Hall–Kier alpha value is -2.47. The standard InChI is InChI=1S/C18H20FN3O2/c1-12-7-15(20)10-16(21-12)17-11-22(5-6-24-17)18(23)9-13-3-2-4-14(19)8-13/h2-4,7-8,10,17H,5-6,9,11H2,1H3,(H2,20,21)/t17-/m0/s1. The van der Waals surface area contributed by atoms with E-state index in [0.717, 1.165) is 11.4 Å². The first-order valence-electron chi connectivity index (χ1n) is 7.89. The number of aromatic nitrogens is 1. The fraction of sp³-hybridized carbons (Fsp3) is 0.333. The van der Waals surface area contributed by atoms with Crippen LogP contribution >= 0.6 is 0 Å². The highest BCUT2D eigenvalue weighted by atomic mass is 19.1. The Bertz CT molecular complexity index is 731. The van der Waals surface area contributed by atoms with Crippen molar-refractivity contribution in [2.24, 2.45) is 0 Å². The van der Waals surface area contributed by atoms with E-state index >= 15 is 0 Å². The predicted molar refractivity (Wildman–Crippen MR) is 88.8 cm³/mol. The summed E-state index contributed by atoms with van der Waals surface area (Å²) in [5.41, 5.74) is 8.71. The molecule has 126 valence electrons. The van der Waals surface area contributed by atoms with Crippen LogP contribution in [0.1, 0.15) is 23.1 Å². The lowest BCUT2D eigenvalue weighted by molar-refractivity contribution is -0.138. The third-order valence-electron chi connectivity index (χ3n) is 3.99. The largest absolute Gasteiger partial charge is 0.399 e. The van der Waals surface area contributed by atoms with Crippen molar-refractivity contribution < 1.29 is 13.9 Å². The van der Waals surface area contributed by atoms with Crippen LogP contribution in [0.5, 0.6) is 0 Å². The summed E-state index contributed by atoms with van der Waals surface area (Å²) in [6.07, 6.45) is -0.120. The normalized spacial score (nSPS) is 17.8. The highest BCUT2D eigenvalue weighted by Gasteiger charge is 2.26. The van der Waals surface area contributed by atoms with Crippen LogP contribution in [0.3, 0.4) is 0 Å². The van der Waals surface area contributed by atoms with Gasteiger partial charge in [0.05, 0.1) is 25.3 Å². The Balaban J connectivity index is 1.69. The maximum absolute atomic E-state index is 13.3. The lowest BCUT2D eigenvalue weighted by Crippen LogP contribution is -2.43. The Morgan fingerprint density at radius 1 is 1.42 bits per heavy atom. The molecule has 2 N–H and O–H groups in total. The molecule has 1 aromatic carbocycles. The second-order valence-corrected chi connectivity index (χ2v) is 5.97. The van der Waals surface area contributed by atoms with Gasteiger partial charge >= 0.3 is 0 Å². The minimum absolute atomic E-state index is 0.0467. The molecule has 1 saturated heterocycles. The van der Waals surface area contributed by atoms with Crippen molar-refractivity contribution in [3.8, 4) is 0 Å². The lowest BCUT2D eigenvalue weighted by Gasteiger charge is -2.33. The summed E-state index contributed by atoms with van der Waals surface area (Å²) in [4.78, 5) is 18.7. The number of morpholine rings is 1. The molecule has 0 aliphatic carbocycles. The average Bonchev–Trinajstić information content (AvgIpc) is 2.54. The number of rotatable bonds is 3. The highest BCUT2D eigenvalue weighted by molar-refractivity contribution is 5.79. The number of ether oxygens (including phenoxy) is 1. The van der Waals surface area contributed by atoms with Crippen molar-refractivity contribution >= 4 is 11.6 Å². The number of carbonyl (C=O) groups is 1. The molecule has 0 saturated carbocycles. The van der Waals surface area contributed by atoms with E-state index < -0.39 is 0 Å². The summed E-state index contributed by atoms with van der Waals surface area (Å²) in [6, 6.07) is 9.68. The van der Waals surface area contributed by atoms with E-state index in [2.05, 4.69) is 4.98 Å². The molecule has 0 unspecified atom stereocenters. The van der Waals surface area contributed by atoms with E-state index in [1.54, 1.807) is 29.2 Å². The zero-order chi connectivity index (χ0) is 17.1. The first-order chi connectivity index (χ1) is 11.5. The molecule has 0 bridgehead atoms. The van der Waals surface area contributed by atoms with Gasteiger partial charge in [-0.25, -0.2) is 4.39 Å². The summed E-state index contributed by atoms with van der Waals surface area (Å²) in [5, 5.41) is 0. The van der Waals surface area contributed by atoms with E-state index in [1.165, 1.54) is 12.1 Å². The van der Waals surface area contributed by atoms with Crippen LogP contribution in [0.2, 0.25) is 0 Å². The quantitative estimate of drug-likeness (QED) is 0.938. The van der Waals surface area contributed by atoms with Gasteiger partial charge in [-0.3, -0.25) is 9.78 Å². The van der Waals surface area contributed by atoms with Crippen molar-refractivity contribution in [2.45, 2.75) is 19.4 Å². The smallest absolute Gasteiger partial charge is 0.227 e. The molecule has 24 heavy (non-hydrogen) atoms. The summed E-state index contributed by atoms with van der Waals surface area (Å²) in [6.45, 7) is 3.25. The number of carbonyl (C=O) groups excluding carboxylic acids is 1. The van der Waals surface area contributed by atoms with Gasteiger partial charge in [-0.05, 0) is 36.8 Å². The van der Waals surface area contributed by atoms with Gasteiger partial charge in [-0.15, -0.1) is 0 Å². The monoisotopic (exact) mass is 329 g/mol. The molecule has 2 heterocycles. The topological polar surface area (TPSA) is 68.5 Å². The first-order valence-corrected chi connectivity index (χ1v) is 7.89. The van der Waals surface area contributed by atoms with Crippen LogP contribution in [0.4, 0.5) is 10.1 Å². The van der Waals surface area contributed by atoms with E-state index in [0.29, 0.717) is 30.9 Å². The van der Waals surface area contributed by atoms with E-state index in [4.69, 9.17) is 10.5 Å². The second-order valence-electron chi connectivity index (χ2n) is 5.97. The van der Waals surface area contributed by atoms with Gasteiger partial charge < -0.3 is 15.4 Å². The van der Waals surface area contributed by atoms with Crippen LogP contribution in [0, 0.1) is 12.7 Å². The molecule has 1 aliphatic rings. The number of hydrogen-bond acceptors (Lipinski definition) is 4. The number of nitrogens with zero attached hydrogens (tertiary/aromatic N) is 2. The van der Waals surface area contributed by atoms with E-state index in [9.17, 15) is 9.18 Å². The molecule has 1 aliphatic heterocycles. The van der Waals surface area contributed by atoms with Crippen LogP contribution in [0.25, 0.3) is 0 Å². The number of amides is 1. The molecule has 1 aromatic heterocycles. The van der Waals surface area contributed by atoms with Crippen molar-refractivity contribution in [3.05, 3.63) is 59.2 Å². The fourth-order valence-electron chi connectivity index (χ4n) is 2.87. The molecule has 1 fully saturated rings. The van der Waals surface area contributed by atoms with Crippen LogP contribution in [-0.4, -0.2) is 35.5 Å². The van der Waals surface area contributed by atoms with Gasteiger partial charge in [-0.1, -0.05) is 12.1 Å². The van der Waals surface area contributed by atoms with Crippen LogP contribution in [-0.2, 0) is 16.0 Å². The van der Waals surface area contributed by atoms with Crippen molar-refractivity contribution in [2.75, 3.05) is 25.4 Å². The maximum Gasteiger partial charge on any atom is 0.227 e. The Kier molecular flexibility index (Phi) is 4.76. The molecule has 0 radical (unpaired) electrons. The summed E-state index contributed by atoms with van der Waals surface area (Å²) in [5.74, 6) is -0.380. The van der Waals surface area contributed by atoms with Crippen molar-refractivity contribution in [3.63, 3.8) is 0 Å². The molecular formula is C18H20FN3O2. The fourth-order valence-corrected chi connectivity index (χ4v) is 2.87. The predicted octanol–water partition coefficient (Wildman–Crippen LogP) is 2.25. The summed E-state index contributed by atoms with van der Waals surface area (Å²) in [7, 11) is 0. The maximum atomic E-state index is 13.3. The van der Waals surface area contributed by atoms with Crippen LogP contribution in [0.15, 0.2) is 36.4 Å². The molecular weight excluding hydrogens is 309 g/mol. The van der Waals surface area contributed by atoms with E-state index in [1.807, 2.05) is 6.92 Å².